The average molecular weight is 293 g/mol. The fourth-order valence-electron chi connectivity index (χ4n) is 2.26. The Bertz CT molecular complexity index is 594. The van der Waals surface area contributed by atoms with Crippen molar-refractivity contribution in [1.82, 2.24) is 4.90 Å². The van der Waals surface area contributed by atoms with Gasteiger partial charge in [0.15, 0.2) is 0 Å². The quantitative estimate of drug-likeness (QED) is 0.797. The number of nitrogens with zero attached hydrogens (tertiary/aromatic N) is 1. The topological polar surface area (TPSA) is 49.8 Å². The fraction of sp³-hybridized carbons (Fsp3) is 0.400. The largest absolute Gasteiger partial charge is 0.477 e. The minimum Gasteiger partial charge on any atom is -0.477 e. The lowest BCUT2D eigenvalue weighted by molar-refractivity contribution is 0.0700. The summed E-state index contributed by atoms with van der Waals surface area (Å²) in [4.78, 5) is 14.0. The zero-order valence-corrected chi connectivity index (χ0v) is 12.6. The summed E-state index contributed by atoms with van der Waals surface area (Å²) < 4.78 is 6.07. The normalized spacial score (nSPS) is 11.3. The molecule has 2 rings (SSSR count). The number of methoxy groups -OCH3 is 1. The Hall–Kier alpha value is -1.43. The van der Waals surface area contributed by atoms with Crippen LogP contribution in [0.25, 0.3) is 10.1 Å². The van der Waals surface area contributed by atoms with Crippen molar-refractivity contribution in [3.8, 4) is 0 Å². The molecule has 0 saturated carbocycles. The van der Waals surface area contributed by atoms with Gasteiger partial charge in [0.25, 0.3) is 0 Å². The summed E-state index contributed by atoms with van der Waals surface area (Å²) >= 11 is 1.35. The van der Waals surface area contributed by atoms with Crippen LogP contribution in [0.15, 0.2) is 24.3 Å². The van der Waals surface area contributed by atoms with E-state index in [1.807, 2.05) is 31.3 Å². The van der Waals surface area contributed by atoms with Gasteiger partial charge in [0.05, 0.1) is 0 Å². The second-order valence-corrected chi connectivity index (χ2v) is 5.85. The number of ether oxygens (including phenoxy) is 1. The molecule has 0 atom stereocenters. The van der Waals surface area contributed by atoms with Gasteiger partial charge in [0, 0.05) is 31.5 Å². The molecule has 0 fully saturated rings. The predicted octanol–water partition coefficient (Wildman–Crippen LogP) is 3.07. The van der Waals surface area contributed by atoms with Crippen LogP contribution in [-0.4, -0.2) is 43.3 Å². The molecule has 0 amide bonds. The monoisotopic (exact) mass is 293 g/mol. The predicted molar refractivity (Wildman–Crippen MR) is 81.6 cm³/mol. The molecule has 0 spiro atoms. The van der Waals surface area contributed by atoms with Gasteiger partial charge in [-0.15, -0.1) is 11.3 Å². The smallest absolute Gasteiger partial charge is 0.346 e. The minimum absolute atomic E-state index is 0.449. The molecule has 0 aliphatic carbocycles. The highest BCUT2D eigenvalue weighted by atomic mass is 32.1. The number of rotatable bonds is 7. The van der Waals surface area contributed by atoms with Crippen molar-refractivity contribution >= 4 is 27.4 Å². The van der Waals surface area contributed by atoms with Crippen molar-refractivity contribution in [2.75, 3.05) is 27.3 Å². The first kappa shape index (κ1) is 15.0. The van der Waals surface area contributed by atoms with Crippen LogP contribution in [0.1, 0.15) is 21.7 Å². The molecule has 2 aromatic rings. The van der Waals surface area contributed by atoms with Crippen LogP contribution < -0.4 is 0 Å². The van der Waals surface area contributed by atoms with E-state index in [4.69, 9.17) is 4.74 Å². The highest BCUT2D eigenvalue weighted by molar-refractivity contribution is 7.21. The third-order valence-corrected chi connectivity index (χ3v) is 4.41. The van der Waals surface area contributed by atoms with Crippen LogP contribution in [0.2, 0.25) is 0 Å². The molecule has 1 aromatic heterocycles. The second kappa shape index (κ2) is 6.83. The van der Waals surface area contributed by atoms with E-state index < -0.39 is 5.97 Å². The Kier molecular flexibility index (Phi) is 5.11. The summed E-state index contributed by atoms with van der Waals surface area (Å²) in [6.45, 7) is 2.26. The van der Waals surface area contributed by atoms with Crippen LogP contribution in [0.5, 0.6) is 0 Å². The number of hydrogen-bond acceptors (Lipinski definition) is 4. The SMILES string of the molecule is COCCCN(C)Cc1c(C(=O)O)sc2ccccc12. The van der Waals surface area contributed by atoms with Crippen molar-refractivity contribution in [3.63, 3.8) is 0 Å². The van der Waals surface area contributed by atoms with E-state index >= 15 is 0 Å². The maximum absolute atomic E-state index is 11.4. The molecule has 1 N–H and O–H groups in total. The first-order valence-corrected chi connectivity index (χ1v) is 7.36. The van der Waals surface area contributed by atoms with Crippen molar-refractivity contribution in [2.45, 2.75) is 13.0 Å². The molecule has 108 valence electrons. The van der Waals surface area contributed by atoms with E-state index in [1.54, 1.807) is 7.11 Å². The van der Waals surface area contributed by atoms with E-state index in [0.29, 0.717) is 11.4 Å². The average Bonchev–Trinajstić information content (AvgIpc) is 2.78. The molecule has 5 heteroatoms. The minimum atomic E-state index is -0.841. The van der Waals surface area contributed by atoms with E-state index in [1.165, 1.54) is 11.3 Å². The van der Waals surface area contributed by atoms with Gasteiger partial charge in [-0.2, -0.15) is 0 Å². The molecule has 1 heterocycles. The lowest BCUT2D eigenvalue weighted by atomic mass is 10.1. The molecule has 0 unspecified atom stereocenters. The second-order valence-electron chi connectivity index (χ2n) is 4.80. The highest BCUT2D eigenvalue weighted by Crippen LogP contribution is 2.32. The van der Waals surface area contributed by atoms with Gasteiger partial charge in [-0.25, -0.2) is 4.79 Å². The zero-order valence-electron chi connectivity index (χ0n) is 11.8. The Labute approximate surface area is 122 Å². The number of aromatic carboxylic acids is 1. The third kappa shape index (κ3) is 3.36. The van der Waals surface area contributed by atoms with Gasteiger partial charge < -0.3 is 14.7 Å². The number of carboxylic acids is 1. The molecule has 0 aliphatic rings. The Morgan fingerprint density at radius 2 is 2.15 bits per heavy atom. The fourth-order valence-corrected chi connectivity index (χ4v) is 3.31. The number of carboxylic acid groups (broad SMARTS) is 1. The molecule has 4 nitrogen and oxygen atoms in total. The van der Waals surface area contributed by atoms with Gasteiger partial charge in [0.2, 0.25) is 0 Å². The standard InChI is InChI=1S/C15H19NO3S/c1-16(8-5-9-19-2)10-12-11-6-3-4-7-13(11)20-14(12)15(17)18/h3-4,6-7H,5,8-10H2,1-2H3,(H,17,18). The van der Waals surface area contributed by atoms with E-state index in [9.17, 15) is 9.90 Å². The Morgan fingerprint density at radius 1 is 1.40 bits per heavy atom. The molecule has 0 radical (unpaired) electrons. The summed E-state index contributed by atoms with van der Waals surface area (Å²) in [5.74, 6) is -0.841. The van der Waals surface area contributed by atoms with E-state index in [2.05, 4.69) is 4.90 Å². The van der Waals surface area contributed by atoms with Crippen LogP contribution in [-0.2, 0) is 11.3 Å². The van der Waals surface area contributed by atoms with Gasteiger partial charge in [-0.05, 0) is 30.5 Å². The van der Waals surface area contributed by atoms with E-state index in [0.717, 1.165) is 35.2 Å². The summed E-state index contributed by atoms with van der Waals surface area (Å²) in [6.07, 6.45) is 0.942. The maximum atomic E-state index is 11.4. The highest BCUT2D eigenvalue weighted by Gasteiger charge is 2.18. The van der Waals surface area contributed by atoms with Crippen molar-refractivity contribution in [3.05, 3.63) is 34.7 Å². The van der Waals surface area contributed by atoms with Gasteiger partial charge >= 0.3 is 5.97 Å². The Morgan fingerprint density at radius 3 is 2.85 bits per heavy atom. The number of carbonyl (C=O) groups is 1. The number of hydrogen-bond donors (Lipinski definition) is 1. The third-order valence-electron chi connectivity index (χ3n) is 3.21. The number of benzene rings is 1. The summed E-state index contributed by atoms with van der Waals surface area (Å²) in [6, 6.07) is 7.86. The number of thiophene rings is 1. The molecule has 20 heavy (non-hydrogen) atoms. The molecule has 0 aliphatic heterocycles. The van der Waals surface area contributed by atoms with Crippen molar-refractivity contribution in [2.24, 2.45) is 0 Å². The first-order valence-electron chi connectivity index (χ1n) is 6.54. The summed E-state index contributed by atoms with van der Waals surface area (Å²) in [5.41, 5.74) is 0.915. The first-order chi connectivity index (χ1) is 9.63. The molecule has 0 saturated heterocycles. The van der Waals surface area contributed by atoms with Crippen LogP contribution in [0.4, 0.5) is 0 Å². The molecule has 1 aromatic carbocycles. The van der Waals surface area contributed by atoms with Crippen LogP contribution in [0.3, 0.4) is 0 Å². The van der Waals surface area contributed by atoms with Gasteiger partial charge in [0.1, 0.15) is 4.88 Å². The Balaban J connectivity index is 2.23. The number of fused-ring (bicyclic) bond motifs is 1. The molecular formula is C15H19NO3S. The zero-order chi connectivity index (χ0) is 14.5. The van der Waals surface area contributed by atoms with Crippen LogP contribution in [0, 0.1) is 0 Å². The van der Waals surface area contributed by atoms with Gasteiger partial charge in [-0.1, -0.05) is 18.2 Å². The van der Waals surface area contributed by atoms with Crippen molar-refractivity contribution < 1.29 is 14.6 Å². The molecule has 0 bridgehead atoms. The lowest BCUT2D eigenvalue weighted by Crippen LogP contribution is -2.21. The van der Waals surface area contributed by atoms with Gasteiger partial charge in [-0.3, -0.25) is 0 Å². The lowest BCUT2D eigenvalue weighted by Gasteiger charge is -2.16. The van der Waals surface area contributed by atoms with E-state index in [-0.39, 0.29) is 0 Å². The van der Waals surface area contributed by atoms with Crippen molar-refractivity contribution in [1.29, 1.82) is 0 Å². The van der Waals surface area contributed by atoms with Crippen LogP contribution >= 0.6 is 11.3 Å². The maximum Gasteiger partial charge on any atom is 0.346 e. The summed E-state index contributed by atoms with van der Waals surface area (Å²) in [5, 5.41) is 10.4. The molecular weight excluding hydrogens is 274 g/mol. The summed E-state index contributed by atoms with van der Waals surface area (Å²) in [7, 11) is 3.70.